The van der Waals surface area contributed by atoms with Crippen molar-refractivity contribution >= 4 is 28.2 Å². The van der Waals surface area contributed by atoms with Gasteiger partial charge in [-0.05, 0) is 50.5 Å². The highest BCUT2D eigenvalue weighted by molar-refractivity contribution is 7.15. The molecule has 1 saturated heterocycles. The van der Waals surface area contributed by atoms with Gasteiger partial charge in [-0.3, -0.25) is 14.0 Å². The Labute approximate surface area is 185 Å². The van der Waals surface area contributed by atoms with Crippen LogP contribution in [0.2, 0.25) is 0 Å². The van der Waals surface area contributed by atoms with E-state index in [1.807, 2.05) is 35.4 Å². The number of piperidine rings is 1. The highest BCUT2D eigenvalue weighted by Gasteiger charge is 2.29. The van der Waals surface area contributed by atoms with Gasteiger partial charge in [0.1, 0.15) is 5.75 Å². The van der Waals surface area contributed by atoms with Gasteiger partial charge in [0.2, 0.25) is 5.91 Å². The predicted octanol–water partition coefficient (Wildman–Crippen LogP) is 3.81. The maximum Gasteiger partial charge on any atom is 0.310 e. The number of thiazole rings is 1. The number of amides is 1. The van der Waals surface area contributed by atoms with Crippen LogP contribution in [0.4, 0.5) is 0 Å². The quantitative estimate of drug-likeness (QED) is 0.522. The molecule has 0 spiro atoms. The minimum Gasteiger partial charge on any atom is -0.497 e. The molecule has 2 aromatic heterocycles. The van der Waals surface area contributed by atoms with Crippen LogP contribution < -0.4 is 4.74 Å². The molecule has 3 aromatic rings. The molecule has 1 aromatic carbocycles. The first-order chi connectivity index (χ1) is 15.1. The van der Waals surface area contributed by atoms with E-state index in [4.69, 9.17) is 14.5 Å². The fraction of sp³-hybridized carbons (Fsp3) is 0.435. The highest BCUT2D eigenvalue weighted by atomic mass is 32.1. The fourth-order valence-corrected chi connectivity index (χ4v) is 4.87. The minimum absolute atomic E-state index is 0.0869. The number of methoxy groups -OCH3 is 1. The van der Waals surface area contributed by atoms with Crippen LogP contribution in [-0.2, 0) is 20.7 Å². The molecule has 164 valence electrons. The van der Waals surface area contributed by atoms with Gasteiger partial charge >= 0.3 is 5.97 Å². The van der Waals surface area contributed by atoms with Gasteiger partial charge in [-0.2, -0.15) is 0 Å². The van der Waals surface area contributed by atoms with Crippen LogP contribution in [-0.4, -0.2) is 53.0 Å². The monoisotopic (exact) mass is 441 g/mol. The Morgan fingerprint density at radius 1 is 1.26 bits per heavy atom. The molecule has 1 aliphatic rings. The molecule has 0 saturated carbocycles. The second kappa shape index (κ2) is 9.51. The lowest BCUT2D eigenvalue weighted by atomic mass is 9.98. The number of hydrogen-bond donors (Lipinski definition) is 0. The van der Waals surface area contributed by atoms with Crippen molar-refractivity contribution in [3.63, 3.8) is 0 Å². The SMILES string of the molecule is CCOC(=O)[C@@H]1CCCN(C(=O)CCc2csc3nc(-c4ccc(OC)cc4)cn23)C1. The first-order valence-corrected chi connectivity index (χ1v) is 11.5. The molecule has 0 aliphatic carbocycles. The van der Waals surface area contributed by atoms with Crippen LogP contribution in [0, 0.1) is 5.92 Å². The number of aromatic nitrogens is 2. The summed E-state index contributed by atoms with van der Waals surface area (Å²) in [7, 11) is 1.65. The molecule has 1 fully saturated rings. The van der Waals surface area contributed by atoms with Crippen molar-refractivity contribution < 1.29 is 19.1 Å². The van der Waals surface area contributed by atoms with Crippen molar-refractivity contribution in [1.82, 2.24) is 14.3 Å². The van der Waals surface area contributed by atoms with Crippen molar-refractivity contribution in [2.24, 2.45) is 5.92 Å². The zero-order valence-electron chi connectivity index (χ0n) is 17.9. The molecule has 1 aliphatic heterocycles. The Morgan fingerprint density at radius 3 is 2.81 bits per heavy atom. The average Bonchev–Trinajstić information content (AvgIpc) is 3.39. The number of imidazole rings is 1. The summed E-state index contributed by atoms with van der Waals surface area (Å²) in [5.74, 6) is 0.506. The number of benzene rings is 1. The first-order valence-electron chi connectivity index (χ1n) is 10.6. The molecule has 0 unspecified atom stereocenters. The van der Waals surface area contributed by atoms with Gasteiger partial charge in [-0.1, -0.05) is 0 Å². The number of esters is 1. The third kappa shape index (κ3) is 4.74. The number of rotatable bonds is 7. The van der Waals surface area contributed by atoms with Crippen LogP contribution in [0.3, 0.4) is 0 Å². The second-order valence-corrected chi connectivity index (χ2v) is 8.50. The number of ether oxygens (including phenoxy) is 2. The Bertz CT molecular complexity index is 1060. The van der Waals surface area contributed by atoms with E-state index >= 15 is 0 Å². The van der Waals surface area contributed by atoms with Crippen LogP contribution in [0.15, 0.2) is 35.8 Å². The summed E-state index contributed by atoms with van der Waals surface area (Å²) in [6.07, 6.45) is 4.70. The van der Waals surface area contributed by atoms with Crippen LogP contribution in [0.25, 0.3) is 16.2 Å². The van der Waals surface area contributed by atoms with Gasteiger partial charge in [0.25, 0.3) is 0 Å². The van der Waals surface area contributed by atoms with Gasteiger partial charge in [-0.15, -0.1) is 11.3 Å². The third-order valence-corrected chi connectivity index (χ3v) is 6.55. The molecule has 31 heavy (non-hydrogen) atoms. The number of carbonyl (C=O) groups excluding carboxylic acids is 2. The highest BCUT2D eigenvalue weighted by Crippen LogP contribution is 2.26. The van der Waals surface area contributed by atoms with E-state index in [2.05, 4.69) is 9.78 Å². The van der Waals surface area contributed by atoms with E-state index in [1.165, 1.54) is 0 Å². The van der Waals surface area contributed by atoms with Crippen LogP contribution in [0.1, 0.15) is 31.9 Å². The predicted molar refractivity (Wildman–Crippen MR) is 119 cm³/mol. The number of carbonyl (C=O) groups is 2. The number of likely N-dealkylation sites (tertiary alicyclic amines) is 1. The summed E-state index contributed by atoms with van der Waals surface area (Å²) in [4.78, 5) is 32.3. The molecule has 0 radical (unpaired) electrons. The van der Waals surface area contributed by atoms with Crippen molar-refractivity contribution in [2.45, 2.75) is 32.6 Å². The lowest BCUT2D eigenvalue weighted by Gasteiger charge is -2.31. The lowest BCUT2D eigenvalue weighted by Crippen LogP contribution is -2.42. The van der Waals surface area contributed by atoms with Crippen molar-refractivity contribution in [3.05, 3.63) is 41.5 Å². The zero-order chi connectivity index (χ0) is 21.8. The largest absolute Gasteiger partial charge is 0.497 e. The average molecular weight is 442 g/mol. The molecule has 1 amide bonds. The topological polar surface area (TPSA) is 73.1 Å². The van der Waals surface area contributed by atoms with Gasteiger partial charge in [-0.25, -0.2) is 4.98 Å². The van der Waals surface area contributed by atoms with Crippen LogP contribution >= 0.6 is 11.3 Å². The number of hydrogen-bond acceptors (Lipinski definition) is 6. The van der Waals surface area contributed by atoms with E-state index < -0.39 is 0 Å². The maximum absolute atomic E-state index is 12.8. The number of aryl methyl sites for hydroxylation is 1. The molecule has 8 heteroatoms. The number of nitrogens with zero attached hydrogens (tertiary/aromatic N) is 3. The van der Waals surface area contributed by atoms with Gasteiger partial charge in [0.05, 0.1) is 25.3 Å². The Hall–Kier alpha value is -2.87. The zero-order valence-corrected chi connectivity index (χ0v) is 18.7. The summed E-state index contributed by atoms with van der Waals surface area (Å²) in [6.45, 7) is 3.35. The van der Waals surface area contributed by atoms with E-state index in [-0.39, 0.29) is 17.8 Å². The summed E-state index contributed by atoms with van der Waals surface area (Å²) in [5.41, 5.74) is 2.99. The molecular weight excluding hydrogens is 414 g/mol. The fourth-order valence-electron chi connectivity index (χ4n) is 3.96. The molecule has 0 bridgehead atoms. The number of fused-ring (bicyclic) bond motifs is 1. The minimum atomic E-state index is -0.203. The third-order valence-electron chi connectivity index (χ3n) is 5.66. The maximum atomic E-state index is 12.8. The van der Waals surface area contributed by atoms with Crippen molar-refractivity contribution in [2.75, 3.05) is 26.8 Å². The standard InChI is InChI=1S/C23H27N3O4S/c1-3-30-22(28)17-5-4-12-25(13-17)21(27)11-8-18-15-31-23-24-20(14-26(18)23)16-6-9-19(29-2)10-7-16/h6-7,9-10,14-15,17H,3-5,8,11-13H2,1-2H3/t17-/m1/s1. The Balaban J connectivity index is 1.40. The van der Waals surface area contributed by atoms with E-state index in [0.717, 1.165) is 40.5 Å². The lowest BCUT2D eigenvalue weighted by molar-refractivity contribution is -0.151. The normalized spacial score (nSPS) is 16.5. The van der Waals surface area contributed by atoms with Gasteiger partial charge in [0, 0.05) is 42.3 Å². The Morgan fingerprint density at radius 2 is 2.06 bits per heavy atom. The summed E-state index contributed by atoms with van der Waals surface area (Å²) in [6, 6.07) is 7.82. The molecule has 1 atom stereocenters. The molecule has 4 rings (SSSR count). The van der Waals surface area contributed by atoms with E-state index in [9.17, 15) is 9.59 Å². The molecule has 7 nitrogen and oxygen atoms in total. The second-order valence-electron chi connectivity index (χ2n) is 7.67. The summed E-state index contributed by atoms with van der Waals surface area (Å²) >= 11 is 1.58. The molecular formula is C23H27N3O4S. The molecule has 0 N–H and O–H groups in total. The smallest absolute Gasteiger partial charge is 0.310 e. The summed E-state index contributed by atoms with van der Waals surface area (Å²) in [5, 5.41) is 2.06. The Kier molecular flexibility index (Phi) is 6.56. The first kappa shape index (κ1) is 21.4. The van der Waals surface area contributed by atoms with Crippen molar-refractivity contribution in [3.8, 4) is 17.0 Å². The molecule has 3 heterocycles. The van der Waals surface area contributed by atoms with Gasteiger partial charge < -0.3 is 14.4 Å². The van der Waals surface area contributed by atoms with E-state index in [1.54, 1.807) is 25.4 Å². The van der Waals surface area contributed by atoms with Gasteiger partial charge in [0.15, 0.2) is 4.96 Å². The van der Waals surface area contributed by atoms with Crippen LogP contribution in [0.5, 0.6) is 5.75 Å². The van der Waals surface area contributed by atoms with Crippen molar-refractivity contribution in [1.29, 1.82) is 0 Å². The summed E-state index contributed by atoms with van der Waals surface area (Å²) < 4.78 is 12.4. The van der Waals surface area contributed by atoms with E-state index in [0.29, 0.717) is 32.5 Å².